The summed E-state index contributed by atoms with van der Waals surface area (Å²) in [5, 5.41) is 6.64. The zero-order chi connectivity index (χ0) is 15.2. The Hall–Kier alpha value is -1.81. The molecule has 0 bridgehead atoms. The van der Waals surface area contributed by atoms with Gasteiger partial charge in [-0.3, -0.25) is 9.89 Å². The number of aryl methyl sites for hydroxylation is 2. The van der Waals surface area contributed by atoms with Crippen LogP contribution in [0, 0.1) is 0 Å². The smallest absolute Gasteiger partial charge is 0.285 e. The number of nitrogens with zero attached hydrogens (tertiary/aromatic N) is 1. The molecular formula is C16H19ClN2O2. The summed E-state index contributed by atoms with van der Waals surface area (Å²) >= 11 is 5.71. The number of para-hydroxylation sites is 1. The van der Waals surface area contributed by atoms with E-state index in [9.17, 15) is 4.79 Å². The van der Waals surface area contributed by atoms with E-state index in [4.69, 9.17) is 16.3 Å². The summed E-state index contributed by atoms with van der Waals surface area (Å²) in [4.78, 5) is 11.9. The van der Waals surface area contributed by atoms with E-state index in [2.05, 4.69) is 24.0 Å². The zero-order valence-corrected chi connectivity index (χ0v) is 13.0. The zero-order valence-electron chi connectivity index (χ0n) is 12.3. The lowest BCUT2D eigenvalue weighted by atomic mass is 10.0. The van der Waals surface area contributed by atoms with Gasteiger partial charge in [0.05, 0.1) is 0 Å². The third kappa shape index (κ3) is 3.85. The van der Waals surface area contributed by atoms with Crippen molar-refractivity contribution in [3.05, 3.63) is 50.8 Å². The van der Waals surface area contributed by atoms with E-state index in [1.54, 1.807) is 0 Å². The van der Waals surface area contributed by atoms with Gasteiger partial charge in [0.1, 0.15) is 10.9 Å². The summed E-state index contributed by atoms with van der Waals surface area (Å²) in [6, 6.07) is 7.36. The lowest BCUT2D eigenvalue weighted by molar-refractivity contribution is 0.438. The van der Waals surface area contributed by atoms with Gasteiger partial charge in [0.2, 0.25) is 5.43 Å². The lowest BCUT2D eigenvalue weighted by Gasteiger charge is -2.14. The molecule has 0 aliphatic heterocycles. The standard InChI is InChI=1S/C16H19ClN2O2/c1-3-6-11-8-5-9-12(7-4-2)15(11)21-16-13(20)10-14(17)18-19-16/h5,8-10H,3-4,6-7H2,1-2H3,(H,18,20). The molecule has 2 rings (SSSR count). The molecule has 1 aromatic carbocycles. The molecule has 112 valence electrons. The van der Waals surface area contributed by atoms with Crippen LogP contribution in [0.25, 0.3) is 0 Å². The number of hydrogen-bond donors (Lipinski definition) is 1. The van der Waals surface area contributed by atoms with E-state index in [-0.39, 0.29) is 16.5 Å². The first-order chi connectivity index (χ1) is 10.2. The predicted octanol–water partition coefficient (Wildman–Crippen LogP) is 4.12. The molecule has 0 radical (unpaired) electrons. The molecule has 0 saturated carbocycles. The molecular weight excluding hydrogens is 288 g/mol. The first kappa shape index (κ1) is 15.6. The first-order valence-electron chi connectivity index (χ1n) is 7.19. The topological polar surface area (TPSA) is 55.0 Å². The minimum Gasteiger partial charge on any atom is -0.434 e. The van der Waals surface area contributed by atoms with Crippen molar-refractivity contribution >= 4 is 11.6 Å². The lowest BCUT2D eigenvalue weighted by Crippen LogP contribution is -2.09. The van der Waals surface area contributed by atoms with Crippen LogP contribution in [0.2, 0.25) is 5.15 Å². The van der Waals surface area contributed by atoms with Crippen molar-refractivity contribution in [3.63, 3.8) is 0 Å². The average Bonchev–Trinajstić information content (AvgIpc) is 2.45. The molecule has 0 aliphatic carbocycles. The number of benzene rings is 1. The van der Waals surface area contributed by atoms with Crippen LogP contribution in [0.1, 0.15) is 37.8 Å². The maximum atomic E-state index is 11.9. The Morgan fingerprint density at radius 3 is 2.33 bits per heavy atom. The number of halogens is 1. The molecule has 1 heterocycles. The fraction of sp³-hybridized carbons (Fsp3) is 0.375. The normalized spacial score (nSPS) is 10.6. The number of ether oxygens (including phenoxy) is 1. The highest BCUT2D eigenvalue weighted by molar-refractivity contribution is 6.29. The van der Waals surface area contributed by atoms with E-state index in [0.29, 0.717) is 0 Å². The summed E-state index contributed by atoms with van der Waals surface area (Å²) in [7, 11) is 0. The van der Waals surface area contributed by atoms with Gasteiger partial charge in [0, 0.05) is 6.07 Å². The molecule has 0 atom stereocenters. The SMILES string of the molecule is CCCc1cccc(CCC)c1Oc1n[nH]c(Cl)cc1=O. The van der Waals surface area contributed by atoms with Gasteiger partial charge < -0.3 is 4.74 Å². The molecule has 5 heteroatoms. The van der Waals surface area contributed by atoms with E-state index in [0.717, 1.165) is 42.6 Å². The highest BCUT2D eigenvalue weighted by atomic mass is 35.5. The van der Waals surface area contributed by atoms with Gasteiger partial charge >= 0.3 is 0 Å². The minimum atomic E-state index is -0.326. The molecule has 0 amide bonds. The van der Waals surface area contributed by atoms with Gasteiger partial charge in [-0.2, -0.15) is 0 Å². The van der Waals surface area contributed by atoms with Gasteiger partial charge in [-0.1, -0.05) is 56.5 Å². The first-order valence-corrected chi connectivity index (χ1v) is 7.57. The van der Waals surface area contributed by atoms with Crippen molar-refractivity contribution < 1.29 is 4.74 Å². The van der Waals surface area contributed by atoms with Gasteiger partial charge in [-0.25, -0.2) is 0 Å². The third-order valence-corrected chi connectivity index (χ3v) is 3.34. The quantitative estimate of drug-likeness (QED) is 0.873. The Morgan fingerprint density at radius 2 is 1.81 bits per heavy atom. The van der Waals surface area contributed by atoms with Crippen LogP contribution in [-0.4, -0.2) is 10.2 Å². The Kier molecular flexibility index (Phi) is 5.39. The van der Waals surface area contributed by atoms with Crippen molar-refractivity contribution in [2.45, 2.75) is 39.5 Å². The number of rotatable bonds is 6. The summed E-state index contributed by atoms with van der Waals surface area (Å²) in [5.41, 5.74) is 1.87. The molecule has 0 saturated heterocycles. The number of hydrogen-bond acceptors (Lipinski definition) is 3. The van der Waals surface area contributed by atoms with Crippen LogP contribution in [0.4, 0.5) is 0 Å². The fourth-order valence-corrected chi connectivity index (χ4v) is 2.38. The van der Waals surface area contributed by atoms with Crippen LogP contribution in [0.15, 0.2) is 29.1 Å². The van der Waals surface area contributed by atoms with Gasteiger partial charge in [0.25, 0.3) is 5.88 Å². The van der Waals surface area contributed by atoms with Crippen LogP contribution in [-0.2, 0) is 12.8 Å². The average molecular weight is 307 g/mol. The summed E-state index contributed by atoms with van der Waals surface area (Å²) in [5.74, 6) is 0.779. The molecule has 21 heavy (non-hydrogen) atoms. The van der Waals surface area contributed by atoms with Crippen molar-refractivity contribution in [2.75, 3.05) is 0 Å². The van der Waals surface area contributed by atoms with E-state index >= 15 is 0 Å². The van der Waals surface area contributed by atoms with E-state index in [1.807, 2.05) is 18.2 Å². The maximum Gasteiger partial charge on any atom is 0.285 e. The second-order valence-corrected chi connectivity index (χ2v) is 5.30. The van der Waals surface area contributed by atoms with Crippen molar-refractivity contribution in [3.8, 4) is 11.6 Å². The van der Waals surface area contributed by atoms with Gasteiger partial charge in [0.15, 0.2) is 0 Å². The Bertz CT molecular complexity index is 643. The molecule has 0 fully saturated rings. The number of H-pyrrole nitrogens is 1. The van der Waals surface area contributed by atoms with E-state index < -0.39 is 0 Å². The summed E-state index contributed by atoms with van der Waals surface area (Å²) in [6.45, 7) is 4.23. The van der Waals surface area contributed by atoms with E-state index in [1.165, 1.54) is 6.07 Å². The molecule has 0 unspecified atom stereocenters. The Balaban J connectivity index is 2.42. The van der Waals surface area contributed by atoms with Crippen molar-refractivity contribution in [1.82, 2.24) is 10.2 Å². The Morgan fingerprint density at radius 1 is 1.19 bits per heavy atom. The highest BCUT2D eigenvalue weighted by Crippen LogP contribution is 2.29. The predicted molar refractivity (Wildman–Crippen MR) is 84.4 cm³/mol. The summed E-state index contributed by atoms with van der Waals surface area (Å²) < 4.78 is 5.82. The molecule has 1 aromatic heterocycles. The third-order valence-electron chi connectivity index (χ3n) is 3.15. The van der Waals surface area contributed by atoms with Crippen LogP contribution in [0.5, 0.6) is 11.6 Å². The number of aromatic amines is 1. The van der Waals surface area contributed by atoms with Crippen LogP contribution in [0.3, 0.4) is 0 Å². The van der Waals surface area contributed by atoms with Crippen LogP contribution >= 0.6 is 11.6 Å². The van der Waals surface area contributed by atoms with Crippen molar-refractivity contribution in [2.24, 2.45) is 0 Å². The molecule has 4 nitrogen and oxygen atoms in total. The van der Waals surface area contributed by atoms with Crippen LogP contribution < -0.4 is 10.2 Å². The fourth-order valence-electron chi connectivity index (χ4n) is 2.24. The number of aromatic nitrogens is 2. The monoisotopic (exact) mass is 306 g/mol. The largest absolute Gasteiger partial charge is 0.434 e. The second-order valence-electron chi connectivity index (χ2n) is 4.89. The molecule has 2 aromatic rings. The summed E-state index contributed by atoms with van der Waals surface area (Å²) in [6.07, 6.45) is 3.82. The van der Waals surface area contributed by atoms with Crippen molar-refractivity contribution in [1.29, 1.82) is 0 Å². The van der Waals surface area contributed by atoms with Gasteiger partial charge in [-0.15, -0.1) is 5.10 Å². The van der Waals surface area contributed by atoms with Gasteiger partial charge in [-0.05, 0) is 24.0 Å². The highest BCUT2D eigenvalue weighted by Gasteiger charge is 2.13. The minimum absolute atomic E-state index is 0.0281. The number of nitrogens with one attached hydrogen (secondary N) is 1. The maximum absolute atomic E-state index is 11.9. The Labute approximate surface area is 129 Å². The molecule has 1 N–H and O–H groups in total. The molecule has 0 aliphatic rings. The molecule has 0 spiro atoms. The second kappa shape index (κ2) is 7.27.